The molecule has 1 atom stereocenters. The summed E-state index contributed by atoms with van der Waals surface area (Å²) in [7, 11) is 0. The highest BCUT2D eigenvalue weighted by atomic mass is 35.5. The van der Waals surface area contributed by atoms with Crippen LogP contribution >= 0.6 is 22.9 Å². The number of pyridine rings is 1. The maximum atomic E-state index is 12.5. The van der Waals surface area contributed by atoms with E-state index in [0.29, 0.717) is 23.1 Å². The van der Waals surface area contributed by atoms with Crippen LogP contribution in [0.15, 0.2) is 36.5 Å². The Morgan fingerprint density at radius 1 is 1.18 bits per heavy atom. The van der Waals surface area contributed by atoms with Crippen molar-refractivity contribution in [3.05, 3.63) is 46.7 Å². The van der Waals surface area contributed by atoms with Crippen LogP contribution in [0.3, 0.4) is 0 Å². The molecular weight excluding hydrogens is 396 g/mol. The Kier molecular flexibility index (Phi) is 4.03. The average Bonchev–Trinajstić information content (AvgIpc) is 2.99. The number of nitrogens with one attached hydrogen (secondary N) is 3. The first kappa shape index (κ1) is 17.2. The lowest BCUT2D eigenvalue weighted by Crippen LogP contribution is -2.34. The Morgan fingerprint density at radius 2 is 2.04 bits per heavy atom. The molecule has 0 unspecified atom stereocenters. The van der Waals surface area contributed by atoms with Gasteiger partial charge in [0.05, 0.1) is 11.2 Å². The van der Waals surface area contributed by atoms with E-state index in [4.69, 9.17) is 16.6 Å². The van der Waals surface area contributed by atoms with E-state index in [2.05, 4.69) is 25.9 Å². The molecule has 4 heterocycles. The lowest BCUT2D eigenvalue weighted by atomic mass is 10.1. The van der Waals surface area contributed by atoms with Crippen molar-refractivity contribution in [2.45, 2.75) is 13.0 Å². The van der Waals surface area contributed by atoms with Crippen LogP contribution in [0.5, 0.6) is 0 Å². The molecule has 0 spiro atoms. The van der Waals surface area contributed by atoms with Gasteiger partial charge in [0.2, 0.25) is 5.28 Å². The third-order valence-electron chi connectivity index (χ3n) is 4.57. The highest BCUT2D eigenvalue weighted by Gasteiger charge is 2.24. The van der Waals surface area contributed by atoms with Crippen LogP contribution < -0.4 is 16.0 Å². The Morgan fingerprint density at radius 3 is 2.89 bits per heavy atom. The van der Waals surface area contributed by atoms with Crippen LogP contribution in [0.4, 0.5) is 17.3 Å². The zero-order chi connectivity index (χ0) is 19.3. The number of aromatic nitrogens is 3. The van der Waals surface area contributed by atoms with Crippen molar-refractivity contribution in [2.75, 3.05) is 17.2 Å². The van der Waals surface area contributed by atoms with E-state index in [1.165, 1.54) is 11.3 Å². The summed E-state index contributed by atoms with van der Waals surface area (Å²) < 4.78 is 1.06. The van der Waals surface area contributed by atoms with Crippen LogP contribution in [-0.2, 0) is 0 Å². The highest BCUT2D eigenvalue weighted by Crippen LogP contribution is 2.41. The fraction of sp³-hybridized carbons (Fsp3) is 0.158. The number of fused-ring (bicyclic) bond motifs is 5. The molecule has 0 bridgehead atoms. The van der Waals surface area contributed by atoms with Gasteiger partial charge < -0.3 is 16.0 Å². The van der Waals surface area contributed by atoms with Crippen LogP contribution in [0, 0.1) is 0 Å². The Hall–Kier alpha value is -2.97. The van der Waals surface area contributed by atoms with E-state index in [1.54, 1.807) is 12.3 Å². The largest absolute Gasteiger partial charge is 0.381 e. The predicted octanol–water partition coefficient (Wildman–Crippen LogP) is 4.18. The van der Waals surface area contributed by atoms with Gasteiger partial charge in [-0.1, -0.05) is 0 Å². The highest BCUT2D eigenvalue weighted by molar-refractivity contribution is 7.21. The number of thiophene rings is 1. The Balaban J connectivity index is 1.62. The summed E-state index contributed by atoms with van der Waals surface area (Å²) in [6.45, 7) is 2.67. The molecule has 0 aliphatic carbocycles. The molecule has 7 nitrogen and oxygen atoms in total. The number of hydrogen-bond donors (Lipinski definition) is 3. The second-order valence-electron chi connectivity index (χ2n) is 6.60. The first-order valence-electron chi connectivity index (χ1n) is 8.75. The molecule has 1 aliphatic heterocycles. The lowest BCUT2D eigenvalue weighted by molar-refractivity contribution is 0.0949. The van der Waals surface area contributed by atoms with Crippen molar-refractivity contribution in [3.63, 3.8) is 0 Å². The minimum atomic E-state index is -0.0336. The Labute approximate surface area is 169 Å². The van der Waals surface area contributed by atoms with E-state index in [-0.39, 0.29) is 17.2 Å². The first-order chi connectivity index (χ1) is 13.6. The van der Waals surface area contributed by atoms with E-state index in [1.807, 2.05) is 31.2 Å². The van der Waals surface area contributed by atoms with Crippen molar-refractivity contribution >= 4 is 67.2 Å². The molecule has 140 valence electrons. The molecule has 3 aromatic heterocycles. The number of rotatable bonds is 2. The summed E-state index contributed by atoms with van der Waals surface area (Å²) in [5.41, 5.74) is 1.72. The molecule has 1 aromatic carbocycles. The van der Waals surface area contributed by atoms with Gasteiger partial charge in [-0.3, -0.25) is 4.79 Å². The van der Waals surface area contributed by atoms with Gasteiger partial charge in [0.25, 0.3) is 5.91 Å². The number of hydrogen-bond acceptors (Lipinski definition) is 7. The SMILES string of the molecule is C[C@H]1CNc2c(sc3ccc4nc(Nc5ccnc(Cl)n5)ccc4c23)C(=O)N1. The monoisotopic (exact) mass is 410 g/mol. The van der Waals surface area contributed by atoms with Gasteiger partial charge >= 0.3 is 0 Å². The van der Waals surface area contributed by atoms with Gasteiger partial charge in [-0.05, 0) is 48.9 Å². The third kappa shape index (κ3) is 2.90. The van der Waals surface area contributed by atoms with Crippen LogP contribution in [0.2, 0.25) is 5.28 Å². The van der Waals surface area contributed by atoms with Crippen molar-refractivity contribution in [3.8, 4) is 0 Å². The molecule has 5 rings (SSSR count). The number of nitrogens with zero attached hydrogens (tertiary/aromatic N) is 3. The molecule has 4 aromatic rings. The van der Waals surface area contributed by atoms with E-state index in [9.17, 15) is 4.79 Å². The minimum Gasteiger partial charge on any atom is -0.381 e. The molecule has 1 aliphatic rings. The summed E-state index contributed by atoms with van der Waals surface area (Å²) >= 11 is 7.34. The van der Waals surface area contributed by atoms with Crippen LogP contribution in [0.25, 0.3) is 21.0 Å². The molecule has 9 heteroatoms. The quantitative estimate of drug-likeness (QED) is 0.429. The maximum Gasteiger partial charge on any atom is 0.263 e. The van der Waals surface area contributed by atoms with Gasteiger partial charge in [-0.15, -0.1) is 11.3 Å². The summed E-state index contributed by atoms with van der Waals surface area (Å²) in [5.74, 6) is 1.20. The number of amides is 1. The third-order valence-corrected chi connectivity index (χ3v) is 5.91. The van der Waals surface area contributed by atoms with Gasteiger partial charge in [-0.25, -0.2) is 15.0 Å². The van der Waals surface area contributed by atoms with Crippen molar-refractivity contribution in [1.82, 2.24) is 20.3 Å². The smallest absolute Gasteiger partial charge is 0.263 e. The average molecular weight is 411 g/mol. The van der Waals surface area contributed by atoms with Crippen LogP contribution in [-0.4, -0.2) is 33.4 Å². The zero-order valence-electron chi connectivity index (χ0n) is 14.8. The number of benzene rings is 1. The van der Waals surface area contributed by atoms with Gasteiger partial charge in [0, 0.05) is 34.3 Å². The minimum absolute atomic E-state index is 0.0336. The molecule has 28 heavy (non-hydrogen) atoms. The molecule has 0 saturated carbocycles. The zero-order valence-corrected chi connectivity index (χ0v) is 16.4. The summed E-state index contributed by atoms with van der Waals surface area (Å²) in [4.78, 5) is 25.9. The first-order valence-corrected chi connectivity index (χ1v) is 9.94. The standard InChI is InChI=1S/C19H15ClN6OS/c1-9-8-22-16-15-10-2-5-13(25-14-6-7-21-19(20)26-14)24-11(10)3-4-12(15)28-17(16)18(27)23-9/h2-7,9,22H,8H2,1H3,(H,23,27)(H,21,24,25,26)/t9-/m0/s1. The maximum absolute atomic E-state index is 12.5. The van der Waals surface area contributed by atoms with E-state index < -0.39 is 0 Å². The fourth-order valence-electron chi connectivity index (χ4n) is 3.33. The lowest BCUT2D eigenvalue weighted by Gasteiger charge is -2.10. The number of anilines is 3. The summed E-state index contributed by atoms with van der Waals surface area (Å²) in [6, 6.07) is 9.67. The van der Waals surface area contributed by atoms with E-state index >= 15 is 0 Å². The van der Waals surface area contributed by atoms with Gasteiger partial charge in [0.15, 0.2) is 0 Å². The van der Waals surface area contributed by atoms with Crippen molar-refractivity contribution in [2.24, 2.45) is 0 Å². The fourth-order valence-corrected chi connectivity index (χ4v) is 4.58. The van der Waals surface area contributed by atoms with E-state index in [0.717, 1.165) is 26.7 Å². The summed E-state index contributed by atoms with van der Waals surface area (Å²) in [5, 5.41) is 11.8. The topological polar surface area (TPSA) is 91.8 Å². The molecular formula is C19H15ClN6OS. The Bertz CT molecular complexity index is 1240. The molecule has 3 N–H and O–H groups in total. The number of carbonyl (C=O) groups is 1. The van der Waals surface area contributed by atoms with Gasteiger partial charge in [0.1, 0.15) is 16.5 Å². The normalized spacial score (nSPS) is 16.4. The van der Waals surface area contributed by atoms with Crippen LogP contribution in [0.1, 0.15) is 16.6 Å². The molecule has 0 radical (unpaired) electrons. The second-order valence-corrected chi connectivity index (χ2v) is 7.99. The van der Waals surface area contributed by atoms with Gasteiger partial charge in [-0.2, -0.15) is 0 Å². The number of halogens is 1. The van der Waals surface area contributed by atoms with Crippen molar-refractivity contribution in [1.29, 1.82) is 0 Å². The molecule has 0 fully saturated rings. The van der Waals surface area contributed by atoms with Crippen molar-refractivity contribution < 1.29 is 4.79 Å². The molecule has 1 amide bonds. The molecule has 0 saturated heterocycles. The predicted molar refractivity (Wildman–Crippen MR) is 113 cm³/mol. The number of carbonyl (C=O) groups excluding carboxylic acids is 1. The second kappa shape index (κ2) is 6.57. The summed E-state index contributed by atoms with van der Waals surface area (Å²) in [6.07, 6.45) is 1.58.